The summed E-state index contributed by atoms with van der Waals surface area (Å²) in [6, 6.07) is -0.152. The van der Waals surface area contributed by atoms with Crippen LogP contribution in [0.15, 0.2) is 24.8 Å². The molecule has 2 amide bonds. The van der Waals surface area contributed by atoms with E-state index in [4.69, 9.17) is 0 Å². The van der Waals surface area contributed by atoms with Crippen molar-refractivity contribution in [2.45, 2.75) is 26.9 Å². The van der Waals surface area contributed by atoms with Crippen molar-refractivity contribution in [2.75, 3.05) is 13.1 Å². The second kappa shape index (κ2) is 6.74. The van der Waals surface area contributed by atoms with Crippen molar-refractivity contribution in [3.8, 4) is 0 Å². The van der Waals surface area contributed by atoms with Crippen molar-refractivity contribution >= 4 is 6.03 Å². The van der Waals surface area contributed by atoms with Gasteiger partial charge in [-0.2, -0.15) is 0 Å². The molecule has 0 aliphatic heterocycles. The van der Waals surface area contributed by atoms with Crippen molar-refractivity contribution in [2.24, 2.45) is 0 Å². The van der Waals surface area contributed by atoms with Crippen LogP contribution in [0.1, 0.15) is 11.6 Å². The van der Waals surface area contributed by atoms with Crippen LogP contribution in [0.4, 0.5) is 4.79 Å². The van der Waals surface area contributed by atoms with E-state index < -0.39 is 0 Å². The molecule has 7 heteroatoms. The fraction of sp³-hybridized carbons (Fsp3) is 0.462. The molecule has 7 nitrogen and oxygen atoms in total. The van der Waals surface area contributed by atoms with Gasteiger partial charge in [-0.3, -0.25) is 0 Å². The predicted molar refractivity (Wildman–Crippen MR) is 75.3 cm³/mol. The molecule has 0 saturated carbocycles. The molecule has 0 radical (unpaired) electrons. The first-order chi connectivity index (χ1) is 9.66. The predicted octanol–water partition coefficient (Wildman–Crippen LogP) is 0.696. The first-order valence-corrected chi connectivity index (χ1v) is 6.64. The number of hydrogen-bond donors (Lipinski definition) is 2. The molecular formula is C13H20N6O. The lowest BCUT2D eigenvalue weighted by Gasteiger charge is -2.09. The normalized spacial score (nSPS) is 10.5. The average Bonchev–Trinajstić information content (AvgIpc) is 3.00. The van der Waals surface area contributed by atoms with E-state index in [1.165, 1.54) is 0 Å². The lowest BCUT2D eigenvalue weighted by atomic mass is 10.5. The van der Waals surface area contributed by atoms with Crippen molar-refractivity contribution < 1.29 is 4.79 Å². The molecule has 2 rings (SSSR count). The molecule has 2 aromatic heterocycles. The van der Waals surface area contributed by atoms with Gasteiger partial charge in [0.2, 0.25) is 0 Å². The van der Waals surface area contributed by atoms with Gasteiger partial charge >= 0.3 is 6.03 Å². The highest BCUT2D eigenvalue weighted by Crippen LogP contribution is 1.94. The second-order valence-electron chi connectivity index (χ2n) is 4.52. The smallest absolute Gasteiger partial charge is 0.314 e. The highest BCUT2D eigenvalue weighted by Gasteiger charge is 2.01. The molecule has 2 aromatic rings. The van der Waals surface area contributed by atoms with Crippen molar-refractivity contribution in [1.29, 1.82) is 0 Å². The van der Waals surface area contributed by atoms with Crippen LogP contribution in [0.25, 0.3) is 0 Å². The molecule has 0 aromatic carbocycles. The minimum absolute atomic E-state index is 0.152. The van der Waals surface area contributed by atoms with Gasteiger partial charge in [0.05, 0.1) is 0 Å². The first-order valence-electron chi connectivity index (χ1n) is 6.64. The van der Waals surface area contributed by atoms with Gasteiger partial charge in [0, 0.05) is 51.0 Å². The van der Waals surface area contributed by atoms with Crippen LogP contribution in [0.3, 0.4) is 0 Å². The Balaban J connectivity index is 1.61. The molecule has 0 unspecified atom stereocenters. The maximum absolute atomic E-state index is 11.6. The van der Waals surface area contributed by atoms with Gasteiger partial charge in [-0.05, 0) is 13.8 Å². The van der Waals surface area contributed by atoms with Crippen molar-refractivity contribution in [1.82, 2.24) is 29.7 Å². The first kappa shape index (κ1) is 14.1. The summed E-state index contributed by atoms with van der Waals surface area (Å²) in [7, 11) is 0. The topological polar surface area (TPSA) is 76.8 Å². The molecule has 2 N–H and O–H groups in total. The number of rotatable bonds is 6. The molecular weight excluding hydrogens is 256 g/mol. The minimum Gasteiger partial charge on any atom is -0.336 e. The van der Waals surface area contributed by atoms with Crippen LogP contribution in [0, 0.1) is 13.8 Å². The molecule has 0 fully saturated rings. The van der Waals surface area contributed by atoms with Gasteiger partial charge in [-0.15, -0.1) is 0 Å². The Morgan fingerprint density at radius 2 is 1.45 bits per heavy atom. The van der Waals surface area contributed by atoms with Crippen LogP contribution < -0.4 is 10.6 Å². The number of imidazole rings is 2. The van der Waals surface area contributed by atoms with Gasteiger partial charge in [0.25, 0.3) is 0 Å². The number of amides is 2. The average molecular weight is 276 g/mol. The molecule has 2 heterocycles. The van der Waals surface area contributed by atoms with E-state index in [1.54, 1.807) is 12.4 Å². The largest absolute Gasteiger partial charge is 0.336 e. The molecule has 0 saturated heterocycles. The van der Waals surface area contributed by atoms with E-state index >= 15 is 0 Å². The van der Waals surface area contributed by atoms with Crippen molar-refractivity contribution in [3.05, 3.63) is 36.4 Å². The Kier molecular flexibility index (Phi) is 4.75. The van der Waals surface area contributed by atoms with Gasteiger partial charge in [-0.1, -0.05) is 0 Å². The van der Waals surface area contributed by atoms with Crippen LogP contribution in [-0.2, 0) is 13.1 Å². The molecule has 0 atom stereocenters. The van der Waals surface area contributed by atoms with Crippen LogP contribution in [0.2, 0.25) is 0 Å². The summed E-state index contributed by atoms with van der Waals surface area (Å²) < 4.78 is 3.99. The van der Waals surface area contributed by atoms with Crippen LogP contribution in [0.5, 0.6) is 0 Å². The van der Waals surface area contributed by atoms with Gasteiger partial charge in [0.1, 0.15) is 11.6 Å². The maximum Gasteiger partial charge on any atom is 0.314 e. The number of urea groups is 1. The zero-order valence-electron chi connectivity index (χ0n) is 11.8. The summed E-state index contributed by atoms with van der Waals surface area (Å²) in [4.78, 5) is 19.9. The summed E-state index contributed by atoms with van der Waals surface area (Å²) >= 11 is 0. The number of aryl methyl sites for hydroxylation is 2. The number of hydrogen-bond acceptors (Lipinski definition) is 3. The quantitative estimate of drug-likeness (QED) is 0.815. The Morgan fingerprint density at radius 1 is 1.00 bits per heavy atom. The maximum atomic E-state index is 11.6. The summed E-state index contributed by atoms with van der Waals surface area (Å²) in [6.45, 7) is 6.47. The fourth-order valence-electron chi connectivity index (χ4n) is 1.92. The van der Waals surface area contributed by atoms with E-state index in [0.717, 1.165) is 24.7 Å². The summed E-state index contributed by atoms with van der Waals surface area (Å²) in [5.74, 6) is 1.89. The molecule has 108 valence electrons. The molecule has 0 aliphatic carbocycles. The minimum atomic E-state index is -0.152. The van der Waals surface area contributed by atoms with E-state index in [0.29, 0.717) is 13.1 Å². The Labute approximate surface area is 118 Å². The Bertz CT molecular complexity index is 510. The standard InChI is InChI=1S/C13H20N6O/c1-11-14-3-7-18(11)9-5-16-13(20)17-6-10-19-8-4-15-12(19)2/h3-4,7-8H,5-6,9-10H2,1-2H3,(H2,16,17,20). The highest BCUT2D eigenvalue weighted by molar-refractivity contribution is 5.73. The lowest BCUT2D eigenvalue weighted by Crippen LogP contribution is -2.38. The number of carbonyl (C=O) groups excluding carboxylic acids is 1. The monoisotopic (exact) mass is 276 g/mol. The van der Waals surface area contributed by atoms with E-state index in [-0.39, 0.29) is 6.03 Å². The molecule has 0 spiro atoms. The molecule has 20 heavy (non-hydrogen) atoms. The number of carbonyl (C=O) groups is 1. The third-order valence-electron chi connectivity index (χ3n) is 3.12. The van der Waals surface area contributed by atoms with Gasteiger partial charge in [0.15, 0.2) is 0 Å². The van der Waals surface area contributed by atoms with Crippen LogP contribution in [-0.4, -0.2) is 38.2 Å². The van der Waals surface area contributed by atoms with Crippen LogP contribution >= 0.6 is 0 Å². The van der Waals surface area contributed by atoms with E-state index in [1.807, 2.05) is 35.4 Å². The Morgan fingerprint density at radius 3 is 1.80 bits per heavy atom. The van der Waals surface area contributed by atoms with Crippen molar-refractivity contribution in [3.63, 3.8) is 0 Å². The summed E-state index contributed by atoms with van der Waals surface area (Å²) in [6.07, 6.45) is 7.30. The lowest BCUT2D eigenvalue weighted by molar-refractivity contribution is 0.240. The zero-order valence-corrected chi connectivity index (χ0v) is 11.8. The van der Waals surface area contributed by atoms with Gasteiger partial charge in [-0.25, -0.2) is 14.8 Å². The second-order valence-corrected chi connectivity index (χ2v) is 4.52. The third-order valence-corrected chi connectivity index (χ3v) is 3.12. The van der Waals surface area contributed by atoms with E-state index in [9.17, 15) is 4.79 Å². The number of nitrogens with one attached hydrogen (secondary N) is 2. The zero-order chi connectivity index (χ0) is 14.4. The number of aromatic nitrogens is 4. The Hall–Kier alpha value is -2.31. The third kappa shape index (κ3) is 3.84. The summed E-state index contributed by atoms with van der Waals surface area (Å²) in [5, 5.41) is 5.64. The SMILES string of the molecule is Cc1nccn1CCNC(=O)NCCn1ccnc1C. The van der Waals surface area contributed by atoms with Gasteiger partial charge < -0.3 is 19.8 Å². The molecule has 0 aliphatic rings. The fourth-order valence-corrected chi connectivity index (χ4v) is 1.92. The highest BCUT2D eigenvalue weighted by atomic mass is 16.2. The number of nitrogens with zero attached hydrogens (tertiary/aromatic N) is 4. The molecule has 0 bridgehead atoms. The van der Waals surface area contributed by atoms with E-state index in [2.05, 4.69) is 20.6 Å². The summed E-state index contributed by atoms with van der Waals surface area (Å²) in [5.41, 5.74) is 0.